The van der Waals surface area contributed by atoms with Crippen LogP contribution >= 0.6 is 11.6 Å². The molecule has 1 aliphatic heterocycles. The lowest BCUT2D eigenvalue weighted by Crippen LogP contribution is -2.40. The monoisotopic (exact) mass is 412 g/mol. The lowest BCUT2D eigenvalue weighted by Gasteiger charge is -2.29. The maximum atomic E-state index is 14.0. The van der Waals surface area contributed by atoms with Crippen LogP contribution in [0.3, 0.4) is 0 Å². The Bertz CT molecular complexity index is 724. The van der Waals surface area contributed by atoms with Gasteiger partial charge in [0.05, 0.1) is 48.3 Å². The van der Waals surface area contributed by atoms with Crippen LogP contribution < -0.4 is 5.73 Å². The number of anilines is 1. The number of likely N-dealkylation sites (tertiary alicyclic amines) is 1. The van der Waals surface area contributed by atoms with Crippen molar-refractivity contribution in [3.63, 3.8) is 0 Å². The molecule has 0 radical (unpaired) electrons. The van der Waals surface area contributed by atoms with Crippen molar-refractivity contribution in [1.29, 1.82) is 0 Å². The van der Waals surface area contributed by atoms with Crippen molar-refractivity contribution in [3.05, 3.63) is 28.8 Å². The number of carbonyl (C=O) groups is 2. The Hall–Kier alpha value is -1.86. The van der Waals surface area contributed by atoms with Crippen molar-refractivity contribution in [2.45, 2.75) is 56.8 Å². The summed E-state index contributed by atoms with van der Waals surface area (Å²) in [6, 6.07) is 4.75. The first kappa shape index (κ1) is 20.9. The van der Waals surface area contributed by atoms with E-state index in [1.54, 1.807) is 23.1 Å². The van der Waals surface area contributed by atoms with Gasteiger partial charge < -0.3 is 20.5 Å². The molecule has 154 valence electrons. The first-order valence-corrected chi connectivity index (χ1v) is 10.0. The van der Waals surface area contributed by atoms with Gasteiger partial charge in [-0.1, -0.05) is 17.7 Å². The van der Waals surface area contributed by atoms with E-state index in [1.807, 2.05) is 0 Å². The molecule has 1 saturated carbocycles. The zero-order valence-electron chi connectivity index (χ0n) is 15.7. The second-order valence-electron chi connectivity index (χ2n) is 7.71. The quantitative estimate of drug-likeness (QED) is 0.700. The zero-order chi connectivity index (χ0) is 20.3. The normalized spacial score (nSPS) is 27.7. The van der Waals surface area contributed by atoms with E-state index >= 15 is 0 Å². The second kappa shape index (κ2) is 9.09. The van der Waals surface area contributed by atoms with Crippen LogP contribution in [0.25, 0.3) is 0 Å². The molecular weight excluding hydrogens is 387 g/mol. The fourth-order valence-electron chi connectivity index (χ4n) is 4.00. The Morgan fingerprint density at radius 2 is 2.00 bits per heavy atom. The predicted octanol–water partition coefficient (Wildman–Crippen LogP) is 3.06. The van der Waals surface area contributed by atoms with Crippen LogP contribution in [-0.4, -0.2) is 53.4 Å². The Balaban J connectivity index is 1.53. The van der Waals surface area contributed by atoms with Crippen LogP contribution in [-0.2, 0) is 20.7 Å². The minimum absolute atomic E-state index is 0.0258. The van der Waals surface area contributed by atoms with Gasteiger partial charge in [-0.05, 0) is 43.4 Å². The number of halogens is 2. The highest BCUT2D eigenvalue weighted by Crippen LogP contribution is 2.28. The Morgan fingerprint density at radius 3 is 2.64 bits per heavy atom. The minimum Gasteiger partial charge on any atom is -0.481 e. The van der Waals surface area contributed by atoms with E-state index in [0.717, 1.165) is 5.56 Å². The largest absolute Gasteiger partial charge is 0.481 e. The highest BCUT2D eigenvalue weighted by atomic mass is 35.5. The third kappa shape index (κ3) is 5.14. The van der Waals surface area contributed by atoms with Crippen LogP contribution in [0, 0.1) is 5.92 Å². The minimum atomic E-state index is -1.06. The molecule has 2 aliphatic rings. The number of carbonyl (C=O) groups excluding carboxylic acids is 1. The van der Waals surface area contributed by atoms with E-state index in [9.17, 15) is 14.0 Å². The number of aliphatic carboxylic acids is 1. The molecule has 28 heavy (non-hydrogen) atoms. The third-order valence-corrected chi connectivity index (χ3v) is 5.98. The summed E-state index contributed by atoms with van der Waals surface area (Å²) in [4.78, 5) is 25.3. The number of nitrogen functional groups attached to an aromatic ring is 1. The van der Waals surface area contributed by atoms with E-state index in [2.05, 4.69) is 0 Å². The lowest BCUT2D eigenvalue weighted by molar-refractivity contribution is -0.144. The van der Waals surface area contributed by atoms with Gasteiger partial charge in [0, 0.05) is 6.42 Å². The molecule has 1 aliphatic carbocycles. The number of nitrogens with two attached hydrogens (primary N) is 1. The van der Waals surface area contributed by atoms with Crippen LogP contribution in [0.1, 0.15) is 37.7 Å². The standard InChI is InChI=1S/C20H26ClFN2O4/c21-17-7-12(1-6-18(17)23)8-19(25)24-10-14(22)9-15(24)11-28-16-4-2-13(3-5-16)20(26)27/h1,6-7,13-16H,2-5,8-11,23H2,(H,26,27)/t13-,14-,15-,16-/m0/s1. The number of nitrogens with zero attached hydrogens (tertiary/aromatic N) is 1. The number of ether oxygens (including phenoxy) is 1. The number of hydrogen-bond acceptors (Lipinski definition) is 4. The molecule has 2 atom stereocenters. The van der Waals surface area contributed by atoms with Crippen molar-refractivity contribution in [2.75, 3.05) is 18.9 Å². The zero-order valence-corrected chi connectivity index (χ0v) is 16.4. The maximum absolute atomic E-state index is 14.0. The average Bonchev–Trinajstić information content (AvgIpc) is 3.04. The van der Waals surface area contributed by atoms with E-state index < -0.39 is 12.1 Å². The van der Waals surface area contributed by atoms with Gasteiger partial charge in [0.25, 0.3) is 0 Å². The summed E-state index contributed by atoms with van der Waals surface area (Å²) >= 11 is 6.01. The molecule has 1 aromatic rings. The fraction of sp³-hybridized carbons (Fsp3) is 0.600. The molecule has 0 spiro atoms. The second-order valence-corrected chi connectivity index (χ2v) is 8.12. The SMILES string of the molecule is Nc1ccc(CC(=O)N2C[C@@H](F)C[C@H]2CO[C@H]2CC[C@H](C(=O)O)CC2)cc1Cl. The fourth-order valence-corrected chi connectivity index (χ4v) is 4.21. The van der Waals surface area contributed by atoms with Crippen molar-refractivity contribution in [2.24, 2.45) is 5.92 Å². The van der Waals surface area contributed by atoms with Gasteiger partial charge in [0.2, 0.25) is 5.91 Å². The smallest absolute Gasteiger partial charge is 0.306 e. The number of rotatable bonds is 6. The summed E-state index contributed by atoms with van der Waals surface area (Å²) in [6.45, 7) is 0.346. The van der Waals surface area contributed by atoms with Crippen LogP contribution in [0.4, 0.5) is 10.1 Å². The van der Waals surface area contributed by atoms with Crippen LogP contribution in [0.15, 0.2) is 18.2 Å². The molecule has 0 bridgehead atoms. The average molecular weight is 413 g/mol. The van der Waals surface area contributed by atoms with E-state index in [-0.39, 0.29) is 50.0 Å². The molecule has 0 aromatic heterocycles. The molecular formula is C20H26ClFN2O4. The molecule has 3 rings (SSSR count). The van der Waals surface area contributed by atoms with Crippen molar-refractivity contribution >= 4 is 29.2 Å². The van der Waals surface area contributed by atoms with Crippen molar-refractivity contribution in [1.82, 2.24) is 4.90 Å². The van der Waals surface area contributed by atoms with Gasteiger partial charge in [-0.3, -0.25) is 9.59 Å². The number of carboxylic acids is 1. The lowest BCUT2D eigenvalue weighted by atomic mass is 9.87. The highest BCUT2D eigenvalue weighted by Gasteiger charge is 2.36. The summed E-state index contributed by atoms with van der Waals surface area (Å²) in [5.41, 5.74) is 6.88. The molecule has 0 unspecified atom stereocenters. The number of benzene rings is 1. The molecule has 8 heteroatoms. The van der Waals surface area contributed by atoms with Gasteiger partial charge >= 0.3 is 5.97 Å². The van der Waals surface area contributed by atoms with E-state index in [0.29, 0.717) is 36.4 Å². The van der Waals surface area contributed by atoms with Gasteiger partial charge in [0.15, 0.2) is 0 Å². The van der Waals surface area contributed by atoms with Crippen LogP contribution in [0.5, 0.6) is 0 Å². The summed E-state index contributed by atoms with van der Waals surface area (Å²) in [7, 11) is 0. The Morgan fingerprint density at radius 1 is 1.29 bits per heavy atom. The molecule has 1 heterocycles. The van der Waals surface area contributed by atoms with Gasteiger partial charge in [-0.25, -0.2) is 4.39 Å². The molecule has 3 N–H and O–H groups in total. The first-order valence-electron chi connectivity index (χ1n) is 9.65. The molecule has 1 amide bonds. The molecule has 1 saturated heterocycles. The summed E-state index contributed by atoms with van der Waals surface area (Å²) in [5.74, 6) is -1.22. The number of carboxylic acid groups (broad SMARTS) is 1. The van der Waals surface area contributed by atoms with Gasteiger partial charge in [-0.2, -0.15) is 0 Å². The summed E-state index contributed by atoms with van der Waals surface area (Å²) in [5, 5.41) is 9.46. The third-order valence-electron chi connectivity index (χ3n) is 5.65. The predicted molar refractivity (Wildman–Crippen MR) is 104 cm³/mol. The van der Waals surface area contributed by atoms with Crippen molar-refractivity contribution < 1.29 is 23.8 Å². The molecule has 1 aromatic carbocycles. The van der Waals surface area contributed by atoms with Gasteiger partial charge in [0.1, 0.15) is 6.17 Å². The van der Waals surface area contributed by atoms with Gasteiger partial charge in [-0.15, -0.1) is 0 Å². The summed E-state index contributed by atoms with van der Waals surface area (Å²) < 4.78 is 19.9. The Labute approximate surface area is 168 Å². The summed E-state index contributed by atoms with van der Waals surface area (Å²) in [6.07, 6.45) is 1.86. The van der Waals surface area contributed by atoms with Crippen molar-refractivity contribution in [3.8, 4) is 0 Å². The first-order chi connectivity index (χ1) is 13.3. The topological polar surface area (TPSA) is 92.9 Å². The maximum Gasteiger partial charge on any atom is 0.306 e. The van der Waals surface area contributed by atoms with E-state index in [4.69, 9.17) is 27.2 Å². The molecule has 6 nitrogen and oxygen atoms in total. The van der Waals surface area contributed by atoms with E-state index in [1.165, 1.54) is 0 Å². The molecule has 2 fully saturated rings. The number of alkyl halides is 1. The Kier molecular flexibility index (Phi) is 6.78. The number of amides is 1. The highest BCUT2D eigenvalue weighted by molar-refractivity contribution is 6.33. The van der Waals surface area contributed by atoms with Crippen LogP contribution in [0.2, 0.25) is 5.02 Å². The number of hydrogen-bond donors (Lipinski definition) is 2.